The van der Waals surface area contributed by atoms with Crippen LogP contribution in [0.5, 0.6) is 0 Å². The number of halogens is 6. The van der Waals surface area contributed by atoms with Crippen LogP contribution >= 0.6 is 0 Å². The second-order valence-electron chi connectivity index (χ2n) is 8.60. The van der Waals surface area contributed by atoms with Crippen LogP contribution in [0.4, 0.5) is 26.3 Å². The molecule has 2 heterocycles. The Bertz CT molecular complexity index is 1160. The maximum atomic E-state index is 10.6. The summed E-state index contributed by atoms with van der Waals surface area (Å²) in [6.07, 6.45) is -5.58. The summed E-state index contributed by atoms with van der Waals surface area (Å²) < 4.78 is 65.8. The number of carboxylic acid groups (broad SMARTS) is 2. The molecule has 1 aliphatic heterocycles. The minimum absolute atomic E-state index is 0.437. The van der Waals surface area contributed by atoms with E-state index in [0.29, 0.717) is 12.0 Å². The summed E-state index contributed by atoms with van der Waals surface area (Å²) in [5, 5.41) is 14.2. The molecule has 0 amide bonds. The summed E-state index contributed by atoms with van der Waals surface area (Å²) in [7, 11) is 0. The quantitative estimate of drug-likeness (QED) is 0.405. The van der Waals surface area contributed by atoms with Gasteiger partial charge in [0.15, 0.2) is 0 Å². The molecule has 0 saturated carbocycles. The highest BCUT2D eigenvalue weighted by Gasteiger charge is 2.38. The Morgan fingerprint density at radius 1 is 0.947 bits per heavy atom. The fourth-order valence-electron chi connectivity index (χ4n) is 4.01. The molecule has 1 saturated heterocycles. The maximum absolute atomic E-state index is 10.6. The van der Waals surface area contributed by atoms with Gasteiger partial charge in [0.1, 0.15) is 0 Å². The molecule has 0 spiro atoms. The fraction of sp³-hybridized carbons (Fsp3) is 0.400. The van der Waals surface area contributed by atoms with Crippen LogP contribution in [0.2, 0.25) is 0 Å². The number of piperidine rings is 1. The van der Waals surface area contributed by atoms with E-state index in [1.54, 1.807) is 0 Å². The number of rotatable bonds is 4. The van der Waals surface area contributed by atoms with Crippen molar-refractivity contribution >= 4 is 23.0 Å². The third-order valence-corrected chi connectivity index (χ3v) is 5.74. The predicted molar refractivity (Wildman–Crippen MR) is 127 cm³/mol. The van der Waals surface area contributed by atoms with Gasteiger partial charge in [0.05, 0.1) is 17.4 Å². The van der Waals surface area contributed by atoms with E-state index in [0.717, 1.165) is 12.1 Å². The van der Waals surface area contributed by atoms with Gasteiger partial charge in [-0.2, -0.15) is 26.3 Å². The summed E-state index contributed by atoms with van der Waals surface area (Å²) in [4.78, 5) is 25.0. The zero-order valence-electron chi connectivity index (χ0n) is 20.3. The second kappa shape index (κ2) is 13.3. The minimum atomic E-state index is -5.08. The average molecular weight is 547 g/mol. The summed E-state index contributed by atoms with van der Waals surface area (Å²) >= 11 is 0. The first-order valence-corrected chi connectivity index (χ1v) is 11.5. The van der Waals surface area contributed by atoms with Crippen molar-refractivity contribution in [2.45, 2.75) is 44.1 Å². The molecule has 2 unspecified atom stereocenters. The van der Waals surface area contributed by atoms with E-state index in [2.05, 4.69) is 76.0 Å². The van der Waals surface area contributed by atoms with Crippen molar-refractivity contribution in [3.63, 3.8) is 0 Å². The van der Waals surface area contributed by atoms with Crippen LogP contribution < -0.4 is 0 Å². The van der Waals surface area contributed by atoms with Crippen LogP contribution in [-0.2, 0) is 9.59 Å². The zero-order chi connectivity index (χ0) is 28.5. The number of para-hydroxylation sites is 2. The third-order valence-electron chi connectivity index (χ3n) is 5.74. The number of carbonyl (C=O) groups is 2. The SMILES string of the molecule is CC(CN1CCCC(c2ccccc2)C1)n1cnc2ccccc21.O=C(O)C(F)(F)F.O=C(O)C(F)(F)F. The molecular weight excluding hydrogens is 520 g/mol. The van der Waals surface area contributed by atoms with Gasteiger partial charge in [0, 0.05) is 19.1 Å². The van der Waals surface area contributed by atoms with Crippen molar-refractivity contribution in [1.29, 1.82) is 0 Å². The molecule has 0 radical (unpaired) electrons. The summed E-state index contributed by atoms with van der Waals surface area (Å²) in [6, 6.07) is 19.8. The Hall–Kier alpha value is -3.61. The minimum Gasteiger partial charge on any atom is -0.475 e. The first-order chi connectivity index (χ1) is 17.7. The molecule has 2 atom stereocenters. The topological polar surface area (TPSA) is 95.7 Å². The number of aliphatic carboxylic acids is 2. The Labute approximate surface area is 214 Å². The van der Waals surface area contributed by atoms with Crippen molar-refractivity contribution in [1.82, 2.24) is 14.5 Å². The predicted octanol–water partition coefficient (Wildman–Crippen LogP) is 5.74. The van der Waals surface area contributed by atoms with E-state index in [9.17, 15) is 26.3 Å². The van der Waals surface area contributed by atoms with E-state index < -0.39 is 24.3 Å². The standard InChI is InChI=1S/C21H25N3.2C2HF3O2/c1-17(24-16-22-20-11-5-6-12-21(20)24)14-23-13-7-10-19(15-23)18-8-3-2-4-9-18;2*3-2(4,5)1(6)7/h2-6,8-9,11-12,16-17,19H,7,10,13-15H2,1H3;2*(H,6,7). The van der Waals surface area contributed by atoms with Crippen molar-refractivity contribution in [2.75, 3.05) is 19.6 Å². The van der Waals surface area contributed by atoms with Gasteiger partial charge in [0.2, 0.25) is 0 Å². The first kappa shape index (κ1) is 30.6. The molecule has 208 valence electrons. The average Bonchev–Trinajstić information content (AvgIpc) is 3.29. The Kier molecular flexibility index (Phi) is 10.7. The molecule has 3 aromatic rings. The molecule has 0 bridgehead atoms. The van der Waals surface area contributed by atoms with E-state index >= 15 is 0 Å². The van der Waals surface area contributed by atoms with Crippen molar-refractivity contribution in [2.24, 2.45) is 0 Å². The van der Waals surface area contributed by atoms with E-state index in [-0.39, 0.29) is 0 Å². The van der Waals surface area contributed by atoms with Gasteiger partial charge in [0.25, 0.3) is 0 Å². The van der Waals surface area contributed by atoms with Crippen LogP contribution in [0.3, 0.4) is 0 Å². The highest BCUT2D eigenvalue weighted by molar-refractivity contribution is 5.75. The van der Waals surface area contributed by atoms with Gasteiger partial charge in [-0.05, 0) is 49.9 Å². The summed E-state index contributed by atoms with van der Waals surface area (Å²) in [5.74, 6) is -4.84. The fourth-order valence-corrected chi connectivity index (χ4v) is 4.01. The van der Waals surface area contributed by atoms with Crippen LogP contribution in [-0.4, -0.2) is 68.6 Å². The highest BCUT2D eigenvalue weighted by Crippen LogP contribution is 2.28. The number of fused-ring (bicyclic) bond motifs is 1. The van der Waals surface area contributed by atoms with E-state index in [1.807, 2.05) is 6.33 Å². The Morgan fingerprint density at radius 3 is 2.03 bits per heavy atom. The van der Waals surface area contributed by atoms with Crippen LogP contribution in [0, 0.1) is 0 Å². The molecule has 1 aromatic heterocycles. The van der Waals surface area contributed by atoms with Gasteiger partial charge in [-0.1, -0.05) is 42.5 Å². The van der Waals surface area contributed by atoms with Crippen molar-refractivity contribution in [3.8, 4) is 0 Å². The molecule has 7 nitrogen and oxygen atoms in total. The molecule has 0 aliphatic carbocycles. The monoisotopic (exact) mass is 547 g/mol. The lowest BCUT2D eigenvalue weighted by atomic mass is 9.90. The summed E-state index contributed by atoms with van der Waals surface area (Å²) in [5.41, 5.74) is 3.81. The molecule has 1 aliphatic rings. The Morgan fingerprint density at radius 2 is 1.47 bits per heavy atom. The smallest absolute Gasteiger partial charge is 0.475 e. The number of likely N-dealkylation sites (tertiary alicyclic amines) is 1. The lowest BCUT2D eigenvalue weighted by Crippen LogP contribution is -2.37. The molecule has 2 aromatic carbocycles. The van der Waals surface area contributed by atoms with Crippen LogP contribution in [0.1, 0.15) is 37.3 Å². The summed E-state index contributed by atoms with van der Waals surface area (Å²) in [6.45, 7) is 5.77. The van der Waals surface area contributed by atoms with Crippen LogP contribution in [0.15, 0.2) is 60.9 Å². The highest BCUT2D eigenvalue weighted by atomic mass is 19.4. The lowest BCUT2D eigenvalue weighted by Gasteiger charge is -2.35. The van der Waals surface area contributed by atoms with Gasteiger partial charge in [-0.3, -0.25) is 0 Å². The number of carboxylic acids is 2. The number of imidazole rings is 1. The van der Waals surface area contributed by atoms with E-state index in [1.165, 1.54) is 37.0 Å². The number of alkyl halides is 6. The van der Waals surface area contributed by atoms with Gasteiger partial charge < -0.3 is 19.7 Å². The molecular formula is C25H27F6N3O4. The zero-order valence-corrected chi connectivity index (χ0v) is 20.3. The number of benzene rings is 2. The molecule has 38 heavy (non-hydrogen) atoms. The second-order valence-corrected chi connectivity index (χ2v) is 8.60. The first-order valence-electron chi connectivity index (χ1n) is 11.5. The molecule has 4 rings (SSSR count). The number of aromatic nitrogens is 2. The molecule has 2 N–H and O–H groups in total. The third kappa shape index (κ3) is 9.36. The lowest BCUT2D eigenvalue weighted by molar-refractivity contribution is -0.193. The molecule has 13 heteroatoms. The van der Waals surface area contributed by atoms with Gasteiger partial charge in [-0.15, -0.1) is 0 Å². The number of hydrogen-bond acceptors (Lipinski definition) is 4. The van der Waals surface area contributed by atoms with Crippen LogP contribution in [0.25, 0.3) is 11.0 Å². The van der Waals surface area contributed by atoms with Gasteiger partial charge >= 0.3 is 24.3 Å². The van der Waals surface area contributed by atoms with Gasteiger partial charge in [-0.25, -0.2) is 14.6 Å². The largest absolute Gasteiger partial charge is 0.490 e. The van der Waals surface area contributed by atoms with E-state index in [4.69, 9.17) is 19.8 Å². The number of nitrogens with zero attached hydrogens (tertiary/aromatic N) is 3. The number of hydrogen-bond donors (Lipinski definition) is 2. The van der Waals surface area contributed by atoms with Crippen molar-refractivity contribution < 1.29 is 46.1 Å². The Balaban J connectivity index is 0.000000301. The molecule has 1 fully saturated rings. The normalized spacial score (nSPS) is 17.0. The van der Waals surface area contributed by atoms with Crippen molar-refractivity contribution in [3.05, 3.63) is 66.5 Å². The maximum Gasteiger partial charge on any atom is 0.490 e.